The van der Waals surface area contributed by atoms with Gasteiger partial charge in [0, 0.05) is 39.9 Å². The van der Waals surface area contributed by atoms with Gasteiger partial charge in [0.15, 0.2) is 11.2 Å². The van der Waals surface area contributed by atoms with Crippen LogP contribution in [0.5, 0.6) is 5.88 Å². The average molecular weight is 520 g/mol. The van der Waals surface area contributed by atoms with Crippen LogP contribution in [-0.2, 0) is 23.7 Å². The number of carbonyl (C=O) groups is 1. The maximum Gasteiger partial charge on any atom is 0.416 e. The molecule has 4 rings (SSSR count). The number of carbonyl (C=O) groups excluding carboxylic acids is 1. The van der Waals surface area contributed by atoms with Crippen molar-refractivity contribution in [1.29, 1.82) is 0 Å². The van der Waals surface area contributed by atoms with Gasteiger partial charge in [-0.05, 0) is 37.1 Å². The molecule has 1 atom stereocenters. The maximum atomic E-state index is 16.1. The number of fused-ring (bicyclic) bond motifs is 1. The Hall–Kier alpha value is -3.50. The van der Waals surface area contributed by atoms with Gasteiger partial charge in [0.25, 0.3) is 0 Å². The van der Waals surface area contributed by atoms with Crippen LogP contribution < -0.4 is 10.2 Å². The first kappa shape index (κ1) is 26.6. The van der Waals surface area contributed by atoms with Gasteiger partial charge in [0.05, 0.1) is 36.1 Å². The molecule has 0 N–H and O–H groups in total. The van der Waals surface area contributed by atoms with E-state index < -0.39 is 23.5 Å². The van der Waals surface area contributed by atoms with Gasteiger partial charge < -0.3 is 14.2 Å². The van der Waals surface area contributed by atoms with E-state index in [0.29, 0.717) is 16.5 Å². The molecule has 0 saturated carbocycles. The minimum atomic E-state index is -4.48. The van der Waals surface area contributed by atoms with E-state index in [1.807, 2.05) is 0 Å². The van der Waals surface area contributed by atoms with Crippen LogP contribution in [0.1, 0.15) is 55.1 Å². The van der Waals surface area contributed by atoms with Crippen LogP contribution in [0.3, 0.4) is 0 Å². The molecule has 1 aliphatic heterocycles. The Balaban J connectivity index is 1.86. The summed E-state index contributed by atoms with van der Waals surface area (Å²) in [6.07, 6.45) is -2.82. The molecule has 1 fully saturated rings. The molecule has 3 heterocycles. The molecule has 1 aromatic carbocycles. The zero-order chi connectivity index (χ0) is 27.1. The molecule has 3 aromatic rings. The van der Waals surface area contributed by atoms with Gasteiger partial charge in [-0.15, -0.1) is 0 Å². The standard InChI is InChI=1S/C26H29F4N5O2/c1-15-18(7-6-8-20(15)26(28,29)30)16(2)32-23-19-13-21(25(27)9-11-35(12-10-25)17(3)36)33-24(37-5)22(19)34(4)14-31-23/h6-8,13-14,16H,9-12H2,1-5H3/t16-/m1/s1. The number of alkyl halides is 4. The first-order chi connectivity index (χ1) is 17.4. The summed E-state index contributed by atoms with van der Waals surface area (Å²) in [6.45, 7) is 5.09. The molecule has 0 bridgehead atoms. The van der Waals surface area contributed by atoms with Crippen molar-refractivity contribution in [3.63, 3.8) is 0 Å². The predicted octanol–water partition coefficient (Wildman–Crippen LogP) is 4.77. The minimum Gasteiger partial charge on any atom is -0.479 e. The number of hydrogen-bond donors (Lipinski definition) is 0. The molecule has 1 saturated heterocycles. The van der Waals surface area contributed by atoms with Crippen molar-refractivity contribution in [3.05, 3.63) is 58.5 Å². The highest BCUT2D eigenvalue weighted by molar-refractivity contribution is 5.83. The second-order valence-electron chi connectivity index (χ2n) is 9.39. The van der Waals surface area contributed by atoms with E-state index in [0.717, 1.165) is 6.07 Å². The van der Waals surface area contributed by atoms with Crippen molar-refractivity contribution in [3.8, 4) is 5.88 Å². The van der Waals surface area contributed by atoms with Gasteiger partial charge in [0.1, 0.15) is 5.52 Å². The minimum absolute atomic E-state index is 0.0763. The molecule has 1 amide bonds. The number of rotatable bonds is 4. The Labute approximate surface area is 211 Å². The third kappa shape index (κ3) is 5.03. The Morgan fingerprint density at radius 2 is 1.92 bits per heavy atom. The van der Waals surface area contributed by atoms with Crippen LogP contribution in [-0.4, -0.2) is 45.5 Å². The third-order valence-corrected chi connectivity index (χ3v) is 7.01. The van der Waals surface area contributed by atoms with Crippen molar-refractivity contribution in [2.75, 3.05) is 20.2 Å². The topological polar surface area (TPSA) is 72.6 Å². The molecule has 2 aromatic heterocycles. The maximum absolute atomic E-state index is 16.1. The number of aryl methyl sites for hydroxylation is 1. The number of aromatic nitrogens is 3. The van der Waals surface area contributed by atoms with Gasteiger partial charge in [-0.3, -0.25) is 9.79 Å². The summed E-state index contributed by atoms with van der Waals surface area (Å²) in [6, 6.07) is 4.93. The van der Waals surface area contributed by atoms with Crippen molar-refractivity contribution < 1.29 is 27.1 Å². The SMILES string of the molecule is COc1nc(C2(F)CCN(C(C)=O)CC2)cc2c(=N[C@H](C)c3cccc(C(F)(F)F)c3C)ncn(C)c12. The van der Waals surface area contributed by atoms with Gasteiger partial charge in [0.2, 0.25) is 11.8 Å². The van der Waals surface area contributed by atoms with E-state index in [4.69, 9.17) is 4.74 Å². The molecule has 37 heavy (non-hydrogen) atoms. The quantitative estimate of drug-likeness (QED) is 0.466. The van der Waals surface area contributed by atoms with E-state index >= 15 is 4.39 Å². The second-order valence-corrected chi connectivity index (χ2v) is 9.39. The van der Waals surface area contributed by atoms with E-state index in [1.165, 1.54) is 33.4 Å². The van der Waals surface area contributed by atoms with Gasteiger partial charge in [-0.25, -0.2) is 14.4 Å². The van der Waals surface area contributed by atoms with Gasteiger partial charge in [-0.2, -0.15) is 13.2 Å². The van der Waals surface area contributed by atoms with E-state index in [1.54, 1.807) is 35.6 Å². The number of amides is 1. The summed E-state index contributed by atoms with van der Waals surface area (Å²) in [4.78, 5) is 26.8. The van der Waals surface area contributed by atoms with Crippen molar-refractivity contribution in [1.82, 2.24) is 19.4 Å². The molecule has 0 unspecified atom stereocenters. The molecule has 7 nitrogen and oxygen atoms in total. The Morgan fingerprint density at radius 3 is 2.51 bits per heavy atom. The van der Waals surface area contributed by atoms with Crippen LogP contribution in [0.2, 0.25) is 0 Å². The third-order valence-electron chi connectivity index (χ3n) is 7.01. The number of piperidine rings is 1. The lowest BCUT2D eigenvalue weighted by Gasteiger charge is -2.35. The highest BCUT2D eigenvalue weighted by Crippen LogP contribution is 2.39. The summed E-state index contributed by atoms with van der Waals surface area (Å²) in [5, 5.41) is 0.467. The number of hydrogen-bond acceptors (Lipinski definition) is 5. The summed E-state index contributed by atoms with van der Waals surface area (Å²) in [7, 11) is 3.17. The predicted molar refractivity (Wildman–Crippen MR) is 129 cm³/mol. The molecule has 1 aliphatic rings. The number of likely N-dealkylation sites (tertiary alicyclic amines) is 1. The molecule has 198 valence electrons. The highest BCUT2D eigenvalue weighted by atomic mass is 19.4. The van der Waals surface area contributed by atoms with Crippen LogP contribution in [0.25, 0.3) is 10.9 Å². The highest BCUT2D eigenvalue weighted by Gasteiger charge is 2.39. The first-order valence-corrected chi connectivity index (χ1v) is 11.9. The number of methoxy groups -OCH3 is 1. The molecule has 0 spiro atoms. The monoisotopic (exact) mass is 519 g/mol. The summed E-state index contributed by atoms with van der Waals surface area (Å²) in [5.74, 6) is 0.0741. The van der Waals surface area contributed by atoms with Crippen LogP contribution in [0.4, 0.5) is 17.6 Å². The number of nitrogens with zero attached hydrogens (tertiary/aromatic N) is 5. The lowest BCUT2D eigenvalue weighted by atomic mass is 9.89. The fraction of sp³-hybridized carbons (Fsp3) is 0.462. The fourth-order valence-electron chi connectivity index (χ4n) is 4.87. The van der Waals surface area contributed by atoms with E-state index in [9.17, 15) is 18.0 Å². The van der Waals surface area contributed by atoms with E-state index in [-0.39, 0.29) is 54.5 Å². The molecular weight excluding hydrogens is 490 g/mol. The van der Waals surface area contributed by atoms with Crippen LogP contribution in [0, 0.1) is 6.92 Å². The molecule has 0 radical (unpaired) electrons. The summed E-state index contributed by atoms with van der Waals surface area (Å²) >= 11 is 0. The molecular formula is C26H29F4N5O2. The Kier molecular flexibility index (Phi) is 7.00. The lowest BCUT2D eigenvalue weighted by Crippen LogP contribution is -2.42. The van der Waals surface area contributed by atoms with Crippen LogP contribution in [0.15, 0.2) is 35.6 Å². The van der Waals surface area contributed by atoms with Crippen molar-refractivity contribution >= 4 is 16.8 Å². The van der Waals surface area contributed by atoms with Gasteiger partial charge in [-0.1, -0.05) is 12.1 Å². The Morgan fingerprint density at radius 1 is 1.24 bits per heavy atom. The number of ether oxygens (including phenoxy) is 1. The average Bonchev–Trinajstić information content (AvgIpc) is 2.84. The zero-order valence-electron chi connectivity index (χ0n) is 21.4. The second kappa shape index (κ2) is 9.75. The van der Waals surface area contributed by atoms with Gasteiger partial charge >= 0.3 is 6.18 Å². The van der Waals surface area contributed by atoms with E-state index in [2.05, 4.69) is 15.0 Å². The molecule has 11 heteroatoms. The lowest BCUT2D eigenvalue weighted by molar-refractivity contribution is -0.138. The smallest absolute Gasteiger partial charge is 0.416 e. The summed E-state index contributed by atoms with van der Waals surface area (Å²) < 4.78 is 63.7. The van der Waals surface area contributed by atoms with Crippen molar-refractivity contribution in [2.24, 2.45) is 12.0 Å². The largest absolute Gasteiger partial charge is 0.479 e. The first-order valence-electron chi connectivity index (χ1n) is 11.9. The Bertz CT molecular complexity index is 1410. The van der Waals surface area contributed by atoms with Crippen LogP contribution >= 0.6 is 0 Å². The normalized spacial score (nSPS) is 17.2. The fourth-order valence-corrected chi connectivity index (χ4v) is 4.87. The number of halogens is 4. The molecule has 0 aliphatic carbocycles. The number of benzene rings is 1. The zero-order valence-corrected chi connectivity index (χ0v) is 21.4. The van der Waals surface area contributed by atoms with Crippen molar-refractivity contribution in [2.45, 2.75) is 51.5 Å². The summed E-state index contributed by atoms with van der Waals surface area (Å²) in [5.41, 5.74) is -1.08. The number of pyridine rings is 1.